The van der Waals surface area contributed by atoms with Crippen LogP contribution in [0.5, 0.6) is 11.5 Å². The molecule has 0 unspecified atom stereocenters. The fourth-order valence-electron chi connectivity index (χ4n) is 3.55. The molecule has 0 saturated carbocycles. The summed E-state index contributed by atoms with van der Waals surface area (Å²) in [5.74, 6) is 2.37. The highest BCUT2D eigenvalue weighted by molar-refractivity contribution is 7.99. The van der Waals surface area contributed by atoms with Gasteiger partial charge >= 0.3 is 0 Å². The number of ether oxygens (including phenoxy) is 2. The van der Waals surface area contributed by atoms with Gasteiger partial charge in [0.15, 0.2) is 22.4 Å². The minimum atomic E-state index is -0.000746. The zero-order valence-electron chi connectivity index (χ0n) is 17.3. The van der Waals surface area contributed by atoms with Crippen LogP contribution in [-0.2, 0) is 6.42 Å². The minimum Gasteiger partial charge on any atom is -0.486 e. The van der Waals surface area contributed by atoms with Crippen molar-refractivity contribution in [2.75, 3.05) is 19.0 Å². The summed E-state index contributed by atoms with van der Waals surface area (Å²) in [5, 5.41) is 9.53. The van der Waals surface area contributed by atoms with Gasteiger partial charge in [0, 0.05) is 17.7 Å². The van der Waals surface area contributed by atoms with E-state index in [2.05, 4.69) is 22.3 Å². The van der Waals surface area contributed by atoms with Crippen molar-refractivity contribution in [3.8, 4) is 17.2 Å². The van der Waals surface area contributed by atoms with Crippen molar-refractivity contribution in [2.45, 2.75) is 11.6 Å². The van der Waals surface area contributed by atoms with Gasteiger partial charge in [-0.3, -0.25) is 9.36 Å². The summed E-state index contributed by atoms with van der Waals surface area (Å²) >= 11 is 1.38. The third-order valence-corrected chi connectivity index (χ3v) is 6.05. The number of carbonyl (C=O) groups excluding carboxylic acids is 1. The average molecular weight is 444 g/mol. The van der Waals surface area contributed by atoms with Crippen molar-refractivity contribution in [2.24, 2.45) is 0 Å². The van der Waals surface area contributed by atoms with Gasteiger partial charge in [0.25, 0.3) is 0 Å². The maximum Gasteiger partial charge on any atom is 0.196 e. The van der Waals surface area contributed by atoms with Crippen LogP contribution in [0.15, 0.2) is 84.0 Å². The molecule has 1 aromatic heterocycles. The lowest BCUT2D eigenvalue weighted by molar-refractivity contribution is 0.102. The van der Waals surface area contributed by atoms with Gasteiger partial charge in [-0.2, -0.15) is 0 Å². The molecule has 5 rings (SSSR count). The largest absolute Gasteiger partial charge is 0.486 e. The fraction of sp³-hybridized carbons (Fsp3) is 0.160. The van der Waals surface area contributed by atoms with Crippen LogP contribution in [0.4, 0.5) is 0 Å². The molecular formula is C25H21N3O3S. The number of thioether (sulfide) groups is 1. The highest BCUT2D eigenvalue weighted by Crippen LogP contribution is 2.31. The number of fused-ring (bicyclic) bond motifs is 1. The molecule has 0 amide bonds. The van der Waals surface area contributed by atoms with E-state index in [0.717, 1.165) is 17.1 Å². The van der Waals surface area contributed by atoms with Crippen LogP contribution in [0.1, 0.15) is 21.7 Å². The third kappa shape index (κ3) is 4.38. The number of carbonyl (C=O) groups is 1. The first-order valence-corrected chi connectivity index (χ1v) is 11.4. The van der Waals surface area contributed by atoms with Crippen molar-refractivity contribution in [3.63, 3.8) is 0 Å². The highest BCUT2D eigenvalue weighted by Gasteiger charge is 2.18. The van der Waals surface area contributed by atoms with Gasteiger partial charge in [-0.05, 0) is 35.9 Å². The second-order valence-corrected chi connectivity index (χ2v) is 8.24. The van der Waals surface area contributed by atoms with Crippen molar-refractivity contribution in [1.82, 2.24) is 14.8 Å². The molecule has 160 valence electrons. The van der Waals surface area contributed by atoms with E-state index >= 15 is 0 Å². The van der Waals surface area contributed by atoms with Crippen molar-refractivity contribution in [3.05, 3.63) is 95.8 Å². The number of Topliss-reactive ketones (excluding diaryl/α,β-unsaturated/α-hetero) is 1. The summed E-state index contributed by atoms with van der Waals surface area (Å²) in [6.45, 7) is 1.01. The Labute approximate surface area is 190 Å². The minimum absolute atomic E-state index is 0.000746. The molecule has 0 aliphatic carbocycles. The van der Waals surface area contributed by atoms with Crippen LogP contribution in [0, 0.1) is 0 Å². The smallest absolute Gasteiger partial charge is 0.196 e. The Morgan fingerprint density at radius 2 is 1.59 bits per heavy atom. The second kappa shape index (κ2) is 9.28. The number of rotatable bonds is 7. The third-order valence-electron chi connectivity index (χ3n) is 5.12. The summed E-state index contributed by atoms with van der Waals surface area (Å²) in [7, 11) is 0. The van der Waals surface area contributed by atoms with Crippen LogP contribution >= 0.6 is 11.8 Å². The number of hydrogen-bond donors (Lipinski definition) is 0. The molecule has 2 heterocycles. The summed E-state index contributed by atoms with van der Waals surface area (Å²) < 4.78 is 13.2. The fourth-order valence-corrected chi connectivity index (χ4v) is 4.42. The maximum absolute atomic E-state index is 12.9. The lowest BCUT2D eigenvalue weighted by atomic mass is 10.1. The SMILES string of the molecule is O=C(CSc1nnc(Cc2ccccc2)n1-c1ccccc1)c1ccc2c(c1)OCCO2. The van der Waals surface area contributed by atoms with E-state index < -0.39 is 0 Å². The molecule has 0 fully saturated rings. The first kappa shape index (κ1) is 20.3. The van der Waals surface area contributed by atoms with Crippen LogP contribution in [0.25, 0.3) is 5.69 Å². The average Bonchev–Trinajstić information content (AvgIpc) is 3.25. The molecule has 0 radical (unpaired) electrons. The topological polar surface area (TPSA) is 66.2 Å². The molecule has 4 aromatic rings. The zero-order valence-corrected chi connectivity index (χ0v) is 18.1. The van der Waals surface area contributed by atoms with E-state index in [1.54, 1.807) is 18.2 Å². The first-order chi connectivity index (χ1) is 15.8. The maximum atomic E-state index is 12.9. The van der Waals surface area contributed by atoms with Gasteiger partial charge in [-0.15, -0.1) is 10.2 Å². The van der Waals surface area contributed by atoms with Crippen LogP contribution < -0.4 is 9.47 Å². The zero-order chi connectivity index (χ0) is 21.8. The normalized spacial score (nSPS) is 12.5. The Hall–Kier alpha value is -3.58. The molecule has 0 bridgehead atoms. The van der Waals surface area contributed by atoms with Crippen LogP contribution in [-0.4, -0.2) is 39.5 Å². The lowest BCUT2D eigenvalue weighted by Crippen LogP contribution is -2.16. The molecule has 6 nitrogen and oxygen atoms in total. The van der Waals surface area contributed by atoms with Crippen molar-refractivity contribution in [1.29, 1.82) is 0 Å². The molecule has 1 aliphatic heterocycles. The predicted octanol–water partition coefficient (Wildman–Crippen LogP) is 4.60. The number of nitrogens with zero attached hydrogens (tertiary/aromatic N) is 3. The van der Waals surface area contributed by atoms with E-state index in [4.69, 9.17) is 9.47 Å². The molecule has 0 atom stereocenters. The summed E-state index contributed by atoms with van der Waals surface area (Å²) in [4.78, 5) is 12.9. The van der Waals surface area contributed by atoms with Gasteiger partial charge in [0.05, 0.1) is 5.75 Å². The number of para-hydroxylation sites is 1. The van der Waals surface area contributed by atoms with Gasteiger partial charge in [0.2, 0.25) is 0 Å². The molecular weight excluding hydrogens is 422 g/mol. The summed E-state index contributed by atoms with van der Waals surface area (Å²) in [6.07, 6.45) is 0.652. The van der Waals surface area contributed by atoms with Gasteiger partial charge in [0.1, 0.15) is 19.0 Å². The summed E-state index contributed by atoms with van der Waals surface area (Å²) in [5.41, 5.74) is 2.72. The molecule has 7 heteroatoms. The molecule has 32 heavy (non-hydrogen) atoms. The summed E-state index contributed by atoms with van der Waals surface area (Å²) in [6, 6.07) is 25.5. The van der Waals surface area contributed by atoms with Gasteiger partial charge in [-0.25, -0.2) is 0 Å². The Balaban J connectivity index is 1.38. The van der Waals surface area contributed by atoms with Gasteiger partial charge in [-0.1, -0.05) is 60.3 Å². The molecule has 0 saturated heterocycles. The number of hydrogen-bond acceptors (Lipinski definition) is 6. The van der Waals surface area contributed by atoms with Gasteiger partial charge < -0.3 is 9.47 Å². The van der Waals surface area contributed by atoms with E-state index in [1.165, 1.54) is 11.8 Å². The molecule has 0 spiro atoms. The monoisotopic (exact) mass is 443 g/mol. The first-order valence-electron chi connectivity index (χ1n) is 10.4. The number of aromatic nitrogens is 3. The standard InChI is InChI=1S/C25H21N3O3S/c29-21(19-11-12-22-23(16-19)31-14-13-30-22)17-32-25-27-26-24(15-18-7-3-1-4-8-18)28(25)20-9-5-2-6-10-20/h1-12,16H,13-15,17H2. The van der Waals surface area contributed by atoms with Crippen molar-refractivity contribution < 1.29 is 14.3 Å². The van der Waals surface area contributed by atoms with Crippen LogP contribution in [0.3, 0.4) is 0 Å². The van der Waals surface area contributed by atoms with E-state index in [-0.39, 0.29) is 11.5 Å². The van der Waals surface area contributed by atoms with Crippen LogP contribution in [0.2, 0.25) is 0 Å². The quantitative estimate of drug-likeness (QED) is 0.307. The Morgan fingerprint density at radius 1 is 0.875 bits per heavy atom. The Kier molecular flexibility index (Phi) is 5.89. The predicted molar refractivity (Wildman–Crippen MR) is 123 cm³/mol. The Morgan fingerprint density at radius 3 is 2.38 bits per heavy atom. The highest BCUT2D eigenvalue weighted by atomic mass is 32.2. The van der Waals surface area contributed by atoms with E-state index in [9.17, 15) is 4.79 Å². The lowest BCUT2D eigenvalue weighted by Gasteiger charge is -2.18. The molecule has 0 N–H and O–H groups in total. The number of benzene rings is 3. The molecule has 1 aliphatic rings. The van der Waals surface area contributed by atoms with Crippen molar-refractivity contribution >= 4 is 17.5 Å². The van der Waals surface area contributed by atoms with E-state index in [0.29, 0.717) is 41.9 Å². The van der Waals surface area contributed by atoms with E-state index in [1.807, 2.05) is 53.1 Å². The second-order valence-electron chi connectivity index (χ2n) is 7.30. The Bertz CT molecular complexity index is 1230. The number of ketones is 1. The molecule has 3 aromatic carbocycles.